The van der Waals surface area contributed by atoms with Crippen LogP contribution in [0.4, 0.5) is 11.5 Å². The molecule has 122 valence electrons. The predicted molar refractivity (Wildman–Crippen MR) is 96.1 cm³/mol. The molecule has 0 aliphatic carbocycles. The number of nitrogens with zero attached hydrogens (tertiary/aromatic N) is 2. The third-order valence-electron chi connectivity index (χ3n) is 4.47. The van der Waals surface area contributed by atoms with E-state index in [-0.39, 0.29) is 5.91 Å². The minimum absolute atomic E-state index is 0.0884. The zero-order valence-corrected chi connectivity index (χ0v) is 14.1. The number of amides is 1. The normalized spacial score (nSPS) is 14.4. The molecular formula is C19H25N3O. The van der Waals surface area contributed by atoms with E-state index < -0.39 is 0 Å². The van der Waals surface area contributed by atoms with Crippen molar-refractivity contribution in [2.24, 2.45) is 0 Å². The van der Waals surface area contributed by atoms with Crippen LogP contribution in [-0.4, -0.2) is 24.0 Å². The Morgan fingerprint density at radius 3 is 2.78 bits per heavy atom. The van der Waals surface area contributed by atoms with E-state index >= 15 is 0 Å². The maximum absolute atomic E-state index is 11.9. The predicted octanol–water partition coefficient (Wildman–Crippen LogP) is 4.27. The van der Waals surface area contributed by atoms with E-state index in [1.165, 1.54) is 18.4 Å². The van der Waals surface area contributed by atoms with Crippen molar-refractivity contribution < 1.29 is 4.79 Å². The van der Waals surface area contributed by atoms with Gasteiger partial charge in [-0.25, -0.2) is 4.98 Å². The second-order valence-corrected chi connectivity index (χ2v) is 6.38. The van der Waals surface area contributed by atoms with Crippen molar-refractivity contribution in [1.82, 2.24) is 4.98 Å². The van der Waals surface area contributed by atoms with Gasteiger partial charge in [-0.3, -0.25) is 4.79 Å². The third-order valence-corrected chi connectivity index (χ3v) is 4.47. The molecule has 1 amide bonds. The highest BCUT2D eigenvalue weighted by molar-refractivity contribution is 5.94. The van der Waals surface area contributed by atoms with Crippen LogP contribution in [0.15, 0.2) is 24.3 Å². The molecule has 0 spiro atoms. The van der Waals surface area contributed by atoms with Crippen molar-refractivity contribution in [2.45, 2.75) is 46.0 Å². The number of carbonyl (C=O) groups excluding carboxylic acids is 1. The number of aryl methyl sites for hydroxylation is 1. The summed E-state index contributed by atoms with van der Waals surface area (Å²) in [6.07, 6.45) is 5.05. The summed E-state index contributed by atoms with van der Waals surface area (Å²) in [5.74, 6) is 1.16. The number of anilines is 2. The number of carbonyl (C=O) groups is 1. The van der Waals surface area contributed by atoms with Crippen LogP contribution in [0.25, 0.3) is 10.9 Å². The summed E-state index contributed by atoms with van der Waals surface area (Å²) in [5, 5.41) is 4.10. The Kier molecular flexibility index (Phi) is 4.79. The first kappa shape index (κ1) is 15.8. The first-order valence-electron chi connectivity index (χ1n) is 8.63. The number of unbranched alkanes of at least 4 members (excludes halogenated alkanes) is 1. The number of benzene rings is 1. The number of hydrogen-bond donors (Lipinski definition) is 1. The lowest BCUT2D eigenvalue weighted by atomic mass is 10.1. The molecule has 1 N–H and O–H groups in total. The molecule has 0 unspecified atom stereocenters. The van der Waals surface area contributed by atoms with Gasteiger partial charge in [0.15, 0.2) is 0 Å². The Bertz CT molecular complexity index is 705. The average molecular weight is 311 g/mol. The second-order valence-electron chi connectivity index (χ2n) is 6.38. The number of fused-ring (bicyclic) bond motifs is 1. The maximum Gasteiger partial charge on any atom is 0.224 e. The minimum atomic E-state index is 0.0884. The van der Waals surface area contributed by atoms with Crippen LogP contribution < -0.4 is 10.2 Å². The number of rotatable bonds is 5. The maximum atomic E-state index is 11.9. The fourth-order valence-electron chi connectivity index (χ4n) is 3.12. The molecule has 2 aromatic rings. The Labute approximate surface area is 137 Å². The highest BCUT2D eigenvalue weighted by Crippen LogP contribution is 2.27. The highest BCUT2D eigenvalue weighted by atomic mass is 16.1. The minimum Gasteiger partial charge on any atom is -0.357 e. The highest BCUT2D eigenvalue weighted by Gasteiger charge is 2.15. The Hall–Kier alpha value is -2.10. The first-order valence-corrected chi connectivity index (χ1v) is 8.63. The fourth-order valence-corrected chi connectivity index (χ4v) is 3.12. The lowest BCUT2D eigenvalue weighted by molar-refractivity contribution is -0.116. The summed E-state index contributed by atoms with van der Waals surface area (Å²) in [6.45, 7) is 6.41. The third kappa shape index (κ3) is 3.63. The second kappa shape index (κ2) is 6.99. The number of hydrogen-bond acceptors (Lipinski definition) is 3. The zero-order chi connectivity index (χ0) is 16.2. The Morgan fingerprint density at radius 1 is 1.26 bits per heavy atom. The molecule has 1 aliphatic heterocycles. The molecule has 0 bridgehead atoms. The van der Waals surface area contributed by atoms with Gasteiger partial charge in [0, 0.05) is 30.6 Å². The van der Waals surface area contributed by atoms with Gasteiger partial charge in [0.05, 0.1) is 5.52 Å². The number of pyridine rings is 1. The van der Waals surface area contributed by atoms with E-state index in [1.54, 1.807) is 0 Å². The molecule has 0 atom stereocenters. The van der Waals surface area contributed by atoms with Crippen molar-refractivity contribution in [2.75, 3.05) is 23.3 Å². The first-order chi connectivity index (χ1) is 11.2. The molecule has 23 heavy (non-hydrogen) atoms. The molecular weight excluding hydrogens is 286 g/mol. The molecule has 1 aliphatic rings. The van der Waals surface area contributed by atoms with Crippen molar-refractivity contribution in [3.05, 3.63) is 29.8 Å². The van der Waals surface area contributed by atoms with Gasteiger partial charge in [0.1, 0.15) is 5.82 Å². The van der Waals surface area contributed by atoms with Gasteiger partial charge in [0.2, 0.25) is 5.91 Å². The van der Waals surface area contributed by atoms with E-state index in [1.807, 2.05) is 18.2 Å². The van der Waals surface area contributed by atoms with Crippen LogP contribution in [0.1, 0.15) is 44.6 Å². The lowest BCUT2D eigenvalue weighted by Crippen LogP contribution is -2.19. The molecule has 1 aromatic heterocycles. The summed E-state index contributed by atoms with van der Waals surface area (Å²) in [7, 11) is 0. The van der Waals surface area contributed by atoms with Crippen molar-refractivity contribution in [3.8, 4) is 0 Å². The smallest absolute Gasteiger partial charge is 0.224 e. The van der Waals surface area contributed by atoms with Crippen LogP contribution >= 0.6 is 0 Å². The number of nitrogens with one attached hydrogen (secondary N) is 1. The standard InChI is InChI=1S/C19H25N3O/c1-3-4-7-19(23)20-15-8-9-17-16(13-15)14(2)12-18(21-17)22-10-5-6-11-22/h8-9,12-13H,3-7,10-11H2,1-2H3,(H,20,23). The molecule has 0 radical (unpaired) electrons. The molecule has 0 saturated carbocycles. The molecule has 4 nitrogen and oxygen atoms in total. The van der Waals surface area contributed by atoms with E-state index in [0.29, 0.717) is 6.42 Å². The van der Waals surface area contributed by atoms with Crippen LogP contribution in [0, 0.1) is 6.92 Å². The lowest BCUT2D eigenvalue weighted by Gasteiger charge is -2.18. The van der Waals surface area contributed by atoms with Gasteiger partial charge in [0.25, 0.3) is 0 Å². The van der Waals surface area contributed by atoms with Gasteiger partial charge in [-0.15, -0.1) is 0 Å². The van der Waals surface area contributed by atoms with Gasteiger partial charge >= 0.3 is 0 Å². The van der Waals surface area contributed by atoms with E-state index in [2.05, 4.69) is 30.1 Å². The van der Waals surface area contributed by atoms with Crippen molar-refractivity contribution in [3.63, 3.8) is 0 Å². The summed E-state index contributed by atoms with van der Waals surface area (Å²) in [5.41, 5.74) is 3.07. The van der Waals surface area contributed by atoms with Gasteiger partial charge in [-0.05, 0) is 56.0 Å². The van der Waals surface area contributed by atoms with Crippen molar-refractivity contribution in [1.29, 1.82) is 0 Å². The zero-order valence-electron chi connectivity index (χ0n) is 14.1. The van der Waals surface area contributed by atoms with Crippen LogP contribution in [0.5, 0.6) is 0 Å². The molecule has 1 fully saturated rings. The quantitative estimate of drug-likeness (QED) is 0.896. The SMILES string of the molecule is CCCCC(=O)Nc1ccc2nc(N3CCCC3)cc(C)c2c1. The van der Waals surface area contributed by atoms with Gasteiger partial charge in [-0.2, -0.15) is 0 Å². The van der Waals surface area contributed by atoms with E-state index in [0.717, 1.165) is 48.3 Å². The van der Waals surface area contributed by atoms with E-state index in [4.69, 9.17) is 4.98 Å². The van der Waals surface area contributed by atoms with Crippen LogP contribution in [0.3, 0.4) is 0 Å². The largest absolute Gasteiger partial charge is 0.357 e. The van der Waals surface area contributed by atoms with Crippen LogP contribution in [-0.2, 0) is 4.79 Å². The van der Waals surface area contributed by atoms with Gasteiger partial charge < -0.3 is 10.2 Å². The summed E-state index contributed by atoms with van der Waals surface area (Å²) >= 11 is 0. The molecule has 4 heteroatoms. The Morgan fingerprint density at radius 2 is 2.04 bits per heavy atom. The summed E-state index contributed by atoms with van der Waals surface area (Å²) in [6, 6.07) is 8.16. The monoisotopic (exact) mass is 311 g/mol. The molecule has 1 saturated heterocycles. The molecule has 2 heterocycles. The average Bonchev–Trinajstić information content (AvgIpc) is 3.08. The topological polar surface area (TPSA) is 45.2 Å². The van der Waals surface area contributed by atoms with E-state index in [9.17, 15) is 4.79 Å². The van der Waals surface area contributed by atoms with Crippen molar-refractivity contribution >= 4 is 28.3 Å². The fraction of sp³-hybridized carbons (Fsp3) is 0.474. The molecule has 3 rings (SSSR count). The van der Waals surface area contributed by atoms with Gasteiger partial charge in [-0.1, -0.05) is 13.3 Å². The number of aromatic nitrogens is 1. The summed E-state index contributed by atoms with van der Waals surface area (Å²) in [4.78, 5) is 19.0. The Balaban J connectivity index is 1.83. The van der Waals surface area contributed by atoms with Crippen LogP contribution in [0.2, 0.25) is 0 Å². The summed E-state index contributed by atoms with van der Waals surface area (Å²) < 4.78 is 0. The molecule has 1 aromatic carbocycles.